The topological polar surface area (TPSA) is 98.6 Å². The molecule has 30 heavy (non-hydrogen) atoms. The molecule has 0 aliphatic carbocycles. The SMILES string of the molecule is Cc1cc(N2C(=O)N(S(C)(=O)=O)[C@](C)(CSc3ccc(F)cc3)C2=O)ccc1C#N. The summed E-state index contributed by atoms with van der Waals surface area (Å²) in [4.78, 5) is 27.8. The number of nitriles is 1. The molecule has 1 heterocycles. The average molecular weight is 448 g/mol. The second kappa shape index (κ2) is 7.74. The Balaban J connectivity index is 2.01. The van der Waals surface area contributed by atoms with Crippen molar-refractivity contribution >= 4 is 39.4 Å². The molecule has 7 nitrogen and oxygen atoms in total. The van der Waals surface area contributed by atoms with Crippen LogP contribution in [0, 0.1) is 24.1 Å². The number of rotatable bonds is 5. The van der Waals surface area contributed by atoms with Gasteiger partial charge in [-0.1, -0.05) is 0 Å². The summed E-state index contributed by atoms with van der Waals surface area (Å²) in [6, 6.07) is 11.0. The van der Waals surface area contributed by atoms with E-state index in [-0.39, 0.29) is 11.4 Å². The summed E-state index contributed by atoms with van der Waals surface area (Å²) in [6.45, 7) is 3.05. The molecule has 2 aromatic rings. The van der Waals surface area contributed by atoms with Crippen LogP contribution in [-0.2, 0) is 14.8 Å². The third kappa shape index (κ3) is 3.78. The molecule has 1 atom stereocenters. The summed E-state index contributed by atoms with van der Waals surface area (Å²) in [5, 5.41) is 9.09. The molecular weight excluding hydrogens is 429 g/mol. The van der Waals surface area contributed by atoms with Crippen molar-refractivity contribution in [2.75, 3.05) is 16.9 Å². The number of carbonyl (C=O) groups is 2. The van der Waals surface area contributed by atoms with E-state index >= 15 is 0 Å². The van der Waals surface area contributed by atoms with Crippen LogP contribution in [0.4, 0.5) is 14.9 Å². The molecule has 1 aliphatic rings. The van der Waals surface area contributed by atoms with Gasteiger partial charge in [-0.25, -0.2) is 26.8 Å². The van der Waals surface area contributed by atoms with Crippen LogP contribution in [0.2, 0.25) is 0 Å². The highest BCUT2D eigenvalue weighted by Crippen LogP contribution is 2.38. The maximum atomic E-state index is 13.3. The van der Waals surface area contributed by atoms with Crippen LogP contribution in [0.5, 0.6) is 0 Å². The van der Waals surface area contributed by atoms with Gasteiger partial charge in [0.2, 0.25) is 10.0 Å². The highest BCUT2D eigenvalue weighted by molar-refractivity contribution is 7.99. The molecule has 3 rings (SSSR count). The Morgan fingerprint density at radius 1 is 1.17 bits per heavy atom. The van der Waals surface area contributed by atoms with E-state index in [2.05, 4.69) is 0 Å². The fourth-order valence-corrected chi connectivity index (χ4v) is 5.59. The minimum Gasteiger partial charge on any atom is -0.271 e. The summed E-state index contributed by atoms with van der Waals surface area (Å²) < 4.78 is 38.6. The third-order valence-corrected chi connectivity index (χ3v) is 7.27. The molecule has 1 fully saturated rings. The summed E-state index contributed by atoms with van der Waals surface area (Å²) in [5.41, 5.74) is -0.556. The van der Waals surface area contributed by atoms with Crippen molar-refractivity contribution in [1.29, 1.82) is 5.26 Å². The van der Waals surface area contributed by atoms with E-state index < -0.39 is 33.3 Å². The van der Waals surface area contributed by atoms with Gasteiger partial charge in [0.15, 0.2) is 0 Å². The minimum atomic E-state index is -4.07. The number of thioether (sulfide) groups is 1. The van der Waals surface area contributed by atoms with Crippen molar-refractivity contribution in [3.63, 3.8) is 0 Å². The van der Waals surface area contributed by atoms with Gasteiger partial charge in [-0.3, -0.25) is 4.79 Å². The lowest BCUT2D eigenvalue weighted by molar-refractivity contribution is -0.122. The standard InChI is InChI=1S/C20H18FN3O4S2/c1-13-10-16(7-4-14(13)11-22)23-18(25)20(2,24(19(23)26)30(3,27)28)12-29-17-8-5-15(21)6-9-17/h4-10H,12H2,1-3H3/t20-/m1/s1. The fraction of sp³-hybridized carbons (Fsp3) is 0.250. The highest BCUT2D eigenvalue weighted by Gasteiger charge is 2.58. The van der Waals surface area contributed by atoms with E-state index in [1.165, 1.54) is 49.4 Å². The van der Waals surface area contributed by atoms with Crippen molar-refractivity contribution in [1.82, 2.24) is 4.31 Å². The quantitative estimate of drug-likeness (QED) is 0.515. The van der Waals surface area contributed by atoms with Gasteiger partial charge in [-0.2, -0.15) is 5.26 Å². The van der Waals surface area contributed by atoms with Crippen LogP contribution < -0.4 is 4.90 Å². The predicted molar refractivity (Wildman–Crippen MR) is 111 cm³/mol. The lowest BCUT2D eigenvalue weighted by atomic mass is 10.0. The Bertz CT molecular complexity index is 1180. The summed E-state index contributed by atoms with van der Waals surface area (Å²) in [7, 11) is -4.07. The van der Waals surface area contributed by atoms with E-state index in [1.807, 2.05) is 6.07 Å². The molecule has 0 unspecified atom stereocenters. The molecule has 1 saturated heterocycles. The minimum absolute atomic E-state index is 0.0535. The average Bonchev–Trinajstić information content (AvgIpc) is 2.87. The van der Waals surface area contributed by atoms with E-state index in [0.717, 1.165) is 22.9 Å². The van der Waals surface area contributed by atoms with Gasteiger partial charge in [-0.05, 0) is 61.9 Å². The summed E-state index contributed by atoms with van der Waals surface area (Å²) in [5.74, 6) is -1.17. The maximum absolute atomic E-state index is 13.3. The first kappa shape index (κ1) is 21.8. The number of benzene rings is 2. The van der Waals surface area contributed by atoms with Gasteiger partial charge in [0.1, 0.15) is 11.4 Å². The molecular formula is C20H18FN3O4S2. The van der Waals surface area contributed by atoms with Crippen LogP contribution in [0.1, 0.15) is 18.1 Å². The number of carbonyl (C=O) groups excluding carboxylic acids is 2. The van der Waals surface area contributed by atoms with Gasteiger partial charge >= 0.3 is 6.03 Å². The number of imide groups is 1. The first-order valence-corrected chi connectivity index (χ1v) is 11.6. The molecule has 10 heteroatoms. The Morgan fingerprint density at radius 3 is 2.33 bits per heavy atom. The van der Waals surface area contributed by atoms with E-state index in [0.29, 0.717) is 20.3 Å². The summed E-state index contributed by atoms with van der Waals surface area (Å²) in [6.07, 6.45) is 0.868. The number of halogens is 1. The number of hydrogen-bond acceptors (Lipinski definition) is 6. The fourth-order valence-electron chi connectivity index (χ4n) is 3.24. The number of hydrogen-bond donors (Lipinski definition) is 0. The van der Waals surface area contributed by atoms with Crippen LogP contribution in [0.25, 0.3) is 0 Å². The maximum Gasteiger partial charge on any atom is 0.346 e. The molecule has 0 spiro atoms. The third-order valence-electron chi connectivity index (χ3n) is 4.73. The largest absolute Gasteiger partial charge is 0.346 e. The van der Waals surface area contributed by atoms with Gasteiger partial charge in [0, 0.05) is 10.6 Å². The van der Waals surface area contributed by atoms with Crippen molar-refractivity contribution in [3.8, 4) is 6.07 Å². The monoisotopic (exact) mass is 447 g/mol. The zero-order valence-corrected chi connectivity index (χ0v) is 18.1. The lowest BCUT2D eigenvalue weighted by Crippen LogP contribution is -2.51. The molecule has 0 N–H and O–H groups in total. The van der Waals surface area contributed by atoms with Crippen LogP contribution in [0.15, 0.2) is 47.4 Å². The van der Waals surface area contributed by atoms with Crippen LogP contribution in [-0.4, -0.2) is 42.2 Å². The zero-order valence-electron chi connectivity index (χ0n) is 16.4. The molecule has 0 bridgehead atoms. The van der Waals surface area contributed by atoms with Crippen molar-refractivity contribution in [2.24, 2.45) is 0 Å². The number of anilines is 1. The van der Waals surface area contributed by atoms with Crippen LogP contribution in [0.3, 0.4) is 0 Å². The van der Waals surface area contributed by atoms with Gasteiger partial charge in [-0.15, -0.1) is 11.8 Å². The Hall–Kier alpha value is -2.90. The van der Waals surface area contributed by atoms with Crippen molar-refractivity contribution < 1.29 is 22.4 Å². The van der Waals surface area contributed by atoms with Gasteiger partial charge < -0.3 is 0 Å². The Kier molecular flexibility index (Phi) is 5.62. The molecule has 0 aromatic heterocycles. The number of amides is 3. The number of nitrogens with zero attached hydrogens (tertiary/aromatic N) is 3. The molecule has 0 radical (unpaired) electrons. The second-order valence-corrected chi connectivity index (χ2v) is 9.96. The smallest absolute Gasteiger partial charge is 0.271 e. The first-order chi connectivity index (χ1) is 14.0. The first-order valence-electron chi connectivity index (χ1n) is 8.77. The Morgan fingerprint density at radius 2 is 1.80 bits per heavy atom. The molecule has 0 saturated carbocycles. The molecule has 1 aliphatic heterocycles. The lowest BCUT2D eigenvalue weighted by Gasteiger charge is -2.29. The van der Waals surface area contributed by atoms with Crippen LogP contribution >= 0.6 is 11.8 Å². The van der Waals surface area contributed by atoms with E-state index in [4.69, 9.17) is 5.26 Å². The highest BCUT2D eigenvalue weighted by atomic mass is 32.2. The number of urea groups is 1. The van der Waals surface area contributed by atoms with Crippen molar-refractivity contribution in [3.05, 3.63) is 59.4 Å². The van der Waals surface area contributed by atoms with Gasteiger partial charge in [0.05, 0.1) is 23.6 Å². The van der Waals surface area contributed by atoms with E-state index in [9.17, 15) is 22.4 Å². The number of aryl methyl sites for hydroxylation is 1. The van der Waals surface area contributed by atoms with Gasteiger partial charge in [0.25, 0.3) is 5.91 Å². The zero-order chi connectivity index (χ0) is 22.3. The molecule has 156 valence electrons. The Labute approximate surface area is 178 Å². The molecule has 2 aromatic carbocycles. The summed E-state index contributed by atoms with van der Waals surface area (Å²) >= 11 is 1.14. The predicted octanol–water partition coefficient (Wildman–Crippen LogP) is 3.29. The van der Waals surface area contributed by atoms with E-state index in [1.54, 1.807) is 6.92 Å². The number of sulfonamides is 1. The van der Waals surface area contributed by atoms with Crippen molar-refractivity contribution in [2.45, 2.75) is 24.3 Å². The second-order valence-electron chi connectivity index (χ2n) is 7.08. The molecule has 3 amide bonds. The normalized spacial score (nSPS) is 19.3.